The number of rotatable bonds is 5. The number of piperidine rings is 2. The Morgan fingerprint density at radius 3 is 2.00 bits per heavy atom. The predicted octanol–water partition coefficient (Wildman–Crippen LogP) is 0.436. The summed E-state index contributed by atoms with van der Waals surface area (Å²) in [5.74, 6) is 0.255. The van der Waals surface area contributed by atoms with E-state index in [1.54, 1.807) is 8.61 Å². The minimum atomic E-state index is -3.33. The fourth-order valence-electron chi connectivity index (χ4n) is 2.95. The molecule has 7 heteroatoms. The Labute approximate surface area is 121 Å². The van der Waals surface area contributed by atoms with E-state index in [4.69, 9.17) is 9.84 Å². The summed E-state index contributed by atoms with van der Waals surface area (Å²) in [7, 11) is -3.33. The summed E-state index contributed by atoms with van der Waals surface area (Å²) in [6.07, 6.45) is 3.27. The van der Waals surface area contributed by atoms with Crippen LogP contribution < -0.4 is 0 Å². The molecule has 1 N–H and O–H groups in total. The molecule has 0 aromatic rings. The van der Waals surface area contributed by atoms with Gasteiger partial charge in [-0.05, 0) is 38.5 Å². The van der Waals surface area contributed by atoms with E-state index < -0.39 is 10.2 Å². The molecule has 0 radical (unpaired) electrons. The van der Waals surface area contributed by atoms with Gasteiger partial charge < -0.3 is 9.84 Å². The molecule has 0 aliphatic carbocycles. The van der Waals surface area contributed by atoms with Crippen LogP contribution in [0.5, 0.6) is 0 Å². The van der Waals surface area contributed by atoms with Crippen molar-refractivity contribution < 1.29 is 18.3 Å². The maximum absolute atomic E-state index is 12.5. The van der Waals surface area contributed by atoms with Gasteiger partial charge in [0.15, 0.2) is 0 Å². The van der Waals surface area contributed by atoms with E-state index in [-0.39, 0.29) is 18.6 Å². The predicted molar refractivity (Wildman–Crippen MR) is 76.5 cm³/mol. The molecule has 0 atom stereocenters. The van der Waals surface area contributed by atoms with Crippen molar-refractivity contribution in [3.63, 3.8) is 0 Å². The number of aliphatic hydroxyl groups excluding tert-OH is 1. The van der Waals surface area contributed by atoms with Crippen LogP contribution in [0, 0.1) is 5.92 Å². The number of nitrogens with zero attached hydrogens (tertiary/aromatic N) is 2. The molecule has 118 valence electrons. The van der Waals surface area contributed by atoms with Crippen molar-refractivity contribution in [2.24, 2.45) is 5.92 Å². The van der Waals surface area contributed by atoms with Crippen LogP contribution in [0.15, 0.2) is 0 Å². The van der Waals surface area contributed by atoms with Gasteiger partial charge >= 0.3 is 0 Å². The molecule has 0 amide bonds. The van der Waals surface area contributed by atoms with Crippen LogP contribution in [-0.4, -0.2) is 67.6 Å². The topological polar surface area (TPSA) is 70.1 Å². The smallest absolute Gasteiger partial charge is 0.281 e. The summed E-state index contributed by atoms with van der Waals surface area (Å²) in [6.45, 7) is 4.96. The number of aliphatic hydroxyl groups is 1. The van der Waals surface area contributed by atoms with Gasteiger partial charge in [-0.2, -0.15) is 17.0 Å². The van der Waals surface area contributed by atoms with Crippen LogP contribution in [0.1, 0.15) is 32.6 Å². The Morgan fingerprint density at radius 2 is 1.55 bits per heavy atom. The Balaban J connectivity index is 1.88. The van der Waals surface area contributed by atoms with E-state index in [1.807, 2.05) is 6.92 Å². The van der Waals surface area contributed by atoms with Crippen molar-refractivity contribution in [2.45, 2.75) is 38.7 Å². The van der Waals surface area contributed by atoms with E-state index >= 15 is 0 Å². The molecule has 2 heterocycles. The van der Waals surface area contributed by atoms with Gasteiger partial charge in [-0.1, -0.05) is 0 Å². The zero-order valence-electron chi connectivity index (χ0n) is 12.2. The number of hydrogen-bond donors (Lipinski definition) is 1. The highest BCUT2D eigenvalue weighted by Gasteiger charge is 2.35. The molecule has 2 aliphatic rings. The second-order valence-electron chi connectivity index (χ2n) is 5.59. The fourth-order valence-corrected chi connectivity index (χ4v) is 4.62. The van der Waals surface area contributed by atoms with Gasteiger partial charge in [0.25, 0.3) is 10.2 Å². The molecule has 0 aromatic heterocycles. The van der Waals surface area contributed by atoms with Crippen LogP contribution in [0.4, 0.5) is 0 Å². The summed E-state index contributed by atoms with van der Waals surface area (Å²) in [4.78, 5) is 0. The summed E-state index contributed by atoms with van der Waals surface area (Å²) >= 11 is 0. The van der Waals surface area contributed by atoms with Crippen molar-refractivity contribution >= 4 is 10.2 Å². The fraction of sp³-hybridized carbons (Fsp3) is 1.00. The lowest BCUT2D eigenvalue weighted by atomic mass is 10.00. The molecule has 2 aliphatic heterocycles. The van der Waals surface area contributed by atoms with Crippen LogP contribution in [0.25, 0.3) is 0 Å². The zero-order chi connectivity index (χ0) is 14.6. The van der Waals surface area contributed by atoms with Gasteiger partial charge in [-0.25, -0.2) is 0 Å². The first-order valence-electron chi connectivity index (χ1n) is 7.55. The monoisotopic (exact) mass is 306 g/mol. The van der Waals surface area contributed by atoms with Crippen LogP contribution >= 0.6 is 0 Å². The first-order valence-corrected chi connectivity index (χ1v) is 8.95. The third-order valence-corrected chi connectivity index (χ3v) is 6.32. The Hall–Kier alpha value is -0.210. The van der Waals surface area contributed by atoms with Gasteiger partial charge in [0.1, 0.15) is 0 Å². The molecular formula is C13H26N2O4S. The Kier molecular flexibility index (Phi) is 5.80. The van der Waals surface area contributed by atoms with Crippen LogP contribution in [-0.2, 0) is 14.9 Å². The Morgan fingerprint density at radius 1 is 1.05 bits per heavy atom. The van der Waals surface area contributed by atoms with E-state index in [9.17, 15) is 8.42 Å². The van der Waals surface area contributed by atoms with Crippen molar-refractivity contribution in [1.29, 1.82) is 0 Å². The van der Waals surface area contributed by atoms with Gasteiger partial charge in [-0.15, -0.1) is 0 Å². The van der Waals surface area contributed by atoms with Crippen LogP contribution in [0.2, 0.25) is 0 Å². The third-order valence-electron chi connectivity index (χ3n) is 4.29. The van der Waals surface area contributed by atoms with Crippen molar-refractivity contribution in [1.82, 2.24) is 8.61 Å². The number of hydrogen-bond acceptors (Lipinski definition) is 4. The van der Waals surface area contributed by atoms with Gasteiger partial charge in [0.05, 0.1) is 6.10 Å². The van der Waals surface area contributed by atoms with E-state index in [0.717, 1.165) is 25.7 Å². The van der Waals surface area contributed by atoms with E-state index in [0.29, 0.717) is 32.8 Å². The molecule has 0 bridgehead atoms. The van der Waals surface area contributed by atoms with Crippen LogP contribution in [0.3, 0.4) is 0 Å². The minimum absolute atomic E-state index is 0.160. The SMILES string of the molecule is CCOC1CCN(S(=O)(=O)N2CCC(CO)CC2)CC1. The molecule has 2 fully saturated rings. The maximum Gasteiger partial charge on any atom is 0.281 e. The average molecular weight is 306 g/mol. The highest BCUT2D eigenvalue weighted by Crippen LogP contribution is 2.23. The second-order valence-corrected chi connectivity index (χ2v) is 7.51. The second kappa shape index (κ2) is 7.17. The quantitative estimate of drug-likeness (QED) is 0.800. The minimum Gasteiger partial charge on any atom is -0.396 e. The summed E-state index contributed by atoms with van der Waals surface area (Å²) in [5, 5.41) is 9.12. The first-order chi connectivity index (χ1) is 9.57. The molecule has 0 aromatic carbocycles. The van der Waals surface area contributed by atoms with Crippen molar-refractivity contribution in [3.8, 4) is 0 Å². The summed E-state index contributed by atoms with van der Waals surface area (Å²) in [6, 6.07) is 0. The standard InChI is InChI=1S/C13H26N2O4S/c1-2-19-13-5-9-15(10-6-13)20(17,18)14-7-3-12(11-16)4-8-14/h12-13,16H,2-11H2,1H3. The molecule has 20 heavy (non-hydrogen) atoms. The molecule has 6 nitrogen and oxygen atoms in total. The highest BCUT2D eigenvalue weighted by atomic mass is 32.2. The van der Waals surface area contributed by atoms with Gasteiger partial charge in [0.2, 0.25) is 0 Å². The largest absolute Gasteiger partial charge is 0.396 e. The lowest BCUT2D eigenvalue weighted by molar-refractivity contribution is 0.0278. The lowest BCUT2D eigenvalue weighted by Gasteiger charge is -2.37. The molecule has 0 unspecified atom stereocenters. The molecule has 0 saturated carbocycles. The highest BCUT2D eigenvalue weighted by molar-refractivity contribution is 7.86. The summed E-state index contributed by atoms with van der Waals surface area (Å²) < 4.78 is 33.8. The summed E-state index contributed by atoms with van der Waals surface area (Å²) in [5.41, 5.74) is 0. The molecule has 2 rings (SSSR count). The molecular weight excluding hydrogens is 280 g/mol. The van der Waals surface area contributed by atoms with E-state index in [1.165, 1.54) is 0 Å². The van der Waals surface area contributed by atoms with Gasteiger partial charge in [-0.3, -0.25) is 0 Å². The van der Waals surface area contributed by atoms with Crippen molar-refractivity contribution in [2.75, 3.05) is 39.4 Å². The molecule has 2 saturated heterocycles. The lowest BCUT2D eigenvalue weighted by Crippen LogP contribution is -2.50. The maximum atomic E-state index is 12.5. The normalized spacial score (nSPS) is 25.1. The average Bonchev–Trinajstić information content (AvgIpc) is 2.48. The third kappa shape index (κ3) is 3.71. The van der Waals surface area contributed by atoms with E-state index in [2.05, 4.69) is 0 Å². The Bertz CT molecular complexity index is 385. The van der Waals surface area contributed by atoms with Crippen molar-refractivity contribution in [3.05, 3.63) is 0 Å². The number of ether oxygens (including phenoxy) is 1. The zero-order valence-corrected chi connectivity index (χ0v) is 13.0. The van der Waals surface area contributed by atoms with Gasteiger partial charge in [0, 0.05) is 39.4 Å². The first kappa shape index (κ1) is 16.2. The molecule has 0 spiro atoms.